The number of rotatable bonds is 5. The van der Waals surface area contributed by atoms with E-state index in [1.54, 1.807) is 36.4 Å². The van der Waals surface area contributed by atoms with Crippen LogP contribution in [-0.4, -0.2) is 20.6 Å². The zero-order valence-corrected chi connectivity index (χ0v) is 13.1. The van der Waals surface area contributed by atoms with Gasteiger partial charge < -0.3 is 10.6 Å². The van der Waals surface area contributed by atoms with E-state index in [4.69, 9.17) is 0 Å². The van der Waals surface area contributed by atoms with Gasteiger partial charge in [0.15, 0.2) is 0 Å². The number of sulfonamides is 1. The number of anilines is 4. The maximum absolute atomic E-state index is 11.1. The lowest BCUT2D eigenvalue weighted by atomic mass is 10.2. The van der Waals surface area contributed by atoms with E-state index >= 15 is 0 Å². The summed E-state index contributed by atoms with van der Waals surface area (Å²) in [6.07, 6.45) is 1.11. The zero-order chi connectivity index (χ0) is 16.2. The van der Waals surface area contributed by atoms with Gasteiger partial charge in [0.1, 0.15) is 0 Å². The number of benzene rings is 2. The summed E-state index contributed by atoms with van der Waals surface area (Å²) in [5.41, 5.74) is 2.92. The average molecular weight is 319 g/mol. The second-order valence-corrected chi connectivity index (χ2v) is 6.58. The molecule has 0 atom stereocenters. The fraction of sp³-hybridized carbons (Fsp3) is 0.133. The van der Waals surface area contributed by atoms with Gasteiger partial charge in [-0.15, -0.1) is 0 Å². The van der Waals surface area contributed by atoms with Crippen molar-refractivity contribution in [3.63, 3.8) is 0 Å². The molecule has 0 radical (unpaired) electrons. The molecule has 0 aromatic heterocycles. The minimum absolute atomic E-state index is 0.116. The Balaban J connectivity index is 2.03. The summed E-state index contributed by atoms with van der Waals surface area (Å²) >= 11 is 0. The Bertz CT molecular complexity index is 754. The molecular formula is C15H17N3O3S. The van der Waals surface area contributed by atoms with E-state index in [0.29, 0.717) is 5.69 Å². The molecule has 1 amide bonds. The van der Waals surface area contributed by atoms with E-state index in [1.807, 2.05) is 12.1 Å². The van der Waals surface area contributed by atoms with Crippen molar-refractivity contribution in [2.75, 3.05) is 21.6 Å². The number of amides is 1. The SMILES string of the molecule is CC(=O)Nc1ccc(Nc2ccc(NS(C)(=O)=O)cc2)cc1. The van der Waals surface area contributed by atoms with Crippen molar-refractivity contribution in [3.8, 4) is 0 Å². The Hall–Kier alpha value is -2.54. The predicted molar refractivity (Wildman–Crippen MR) is 88.9 cm³/mol. The highest BCUT2D eigenvalue weighted by atomic mass is 32.2. The van der Waals surface area contributed by atoms with Gasteiger partial charge in [0.05, 0.1) is 6.26 Å². The van der Waals surface area contributed by atoms with Crippen LogP contribution in [0.3, 0.4) is 0 Å². The highest BCUT2D eigenvalue weighted by molar-refractivity contribution is 7.92. The third-order valence-corrected chi connectivity index (χ3v) is 3.29. The van der Waals surface area contributed by atoms with Crippen LogP contribution in [0.2, 0.25) is 0 Å². The molecular weight excluding hydrogens is 302 g/mol. The molecule has 6 nitrogen and oxygen atoms in total. The summed E-state index contributed by atoms with van der Waals surface area (Å²) in [6.45, 7) is 1.46. The van der Waals surface area contributed by atoms with Crippen molar-refractivity contribution in [2.24, 2.45) is 0 Å². The molecule has 0 heterocycles. The van der Waals surface area contributed by atoms with Gasteiger partial charge in [0.2, 0.25) is 15.9 Å². The molecule has 0 fully saturated rings. The summed E-state index contributed by atoms with van der Waals surface area (Å²) in [6, 6.07) is 14.2. The van der Waals surface area contributed by atoms with E-state index in [-0.39, 0.29) is 5.91 Å². The number of hydrogen-bond donors (Lipinski definition) is 3. The summed E-state index contributed by atoms with van der Waals surface area (Å²) < 4.78 is 24.7. The van der Waals surface area contributed by atoms with E-state index in [2.05, 4.69) is 15.4 Å². The smallest absolute Gasteiger partial charge is 0.229 e. The normalized spacial score (nSPS) is 10.8. The number of carbonyl (C=O) groups excluding carboxylic acids is 1. The topological polar surface area (TPSA) is 87.3 Å². The second-order valence-electron chi connectivity index (χ2n) is 4.84. The predicted octanol–water partition coefficient (Wildman–Crippen LogP) is 2.76. The largest absolute Gasteiger partial charge is 0.356 e. The molecule has 2 rings (SSSR count). The van der Waals surface area contributed by atoms with E-state index < -0.39 is 10.0 Å². The monoisotopic (exact) mass is 319 g/mol. The molecule has 0 aliphatic heterocycles. The molecule has 0 spiro atoms. The Kier molecular flexibility index (Phi) is 4.67. The molecule has 3 N–H and O–H groups in total. The first-order valence-corrected chi connectivity index (χ1v) is 8.43. The molecule has 0 saturated carbocycles. The van der Waals surface area contributed by atoms with Gasteiger partial charge in [-0.25, -0.2) is 8.42 Å². The first-order valence-electron chi connectivity index (χ1n) is 6.54. The van der Waals surface area contributed by atoms with Gasteiger partial charge in [-0.2, -0.15) is 0 Å². The lowest BCUT2D eigenvalue weighted by Gasteiger charge is -2.09. The maximum atomic E-state index is 11.1. The third-order valence-electron chi connectivity index (χ3n) is 2.68. The Morgan fingerprint density at radius 2 is 1.23 bits per heavy atom. The van der Waals surface area contributed by atoms with Crippen molar-refractivity contribution >= 4 is 38.7 Å². The van der Waals surface area contributed by atoms with Crippen LogP contribution < -0.4 is 15.4 Å². The maximum Gasteiger partial charge on any atom is 0.229 e. The van der Waals surface area contributed by atoms with Gasteiger partial charge >= 0.3 is 0 Å². The fourth-order valence-electron chi connectivity index (χ4n) is 1.84. The average Bonchev–Trinajstić information content (AvgIpc) is 2.41. The second kappa shape index (κ2) is 6.48. The summed E-state index contributed by atoms with van der Waals surface area (Å²) in [5, 5.41) is 5.88. The highest BCUT2D eigenvalue weighted by Crippen LogP contribution is 2.21. The summed E-state index contributed by atoms with van der Waals surface area (Å²) in [5.74, 6) is -0.116. The lowest BCUT2D eigenvalue weighted by Crippen LogP contribution is -2.09. The van der Waals surface area contributed by atoms with Crippen molar-refractivity contribution in [3.05, 3.63) is 48.5 Å². The Morgan fingerprint density at radius 3 is 1.64 bits per heavy atom. The van der Waals surface area contributed by atoms with Crippen LogP contribution in [0, 0.1) is 0 Å². The van der Waals surface area contributed by atoms with E-state index in [1.165, 1.54) is 6.92 Å². The van der Waals surface area contributed by atoms with E-state index in [9.17, 15) is 13.2 Å². The van der Waals surface area contributed by atoms with Crippen molar-refractivity contribution in [1.29, 1.82) is 0 Å². The minimum atomic E-state index is -3.27. The molecule has 0 bridgehead atoms. The first kappa shape index (κ1) is 15.8. The standard InChI is InChI=1S/C15H17N3O3S/c1-11(19)16-12-3-5-13(6-4-12)17-14-7-9-15(10-8-14)18-22(2,20)21/h3-10,17-18H,1-2H3,(H,16,19). The molecule has 22 heavy (non-hydrogen) atoms. The van der Waals surface area contributed by atoms with Gasteiger partial charge in [-0.05, 0) is 48.5 Å². The van der Waals surface area contributed by atoms with Crippen LogP contribution in [0.25, 0.3) is 0 Å². The fourth-order valence-corrected chi connectivity index (χ4v) is 2.41. The number of nitrogens with one attached hydrogen (secondary N) is 3. The highest BCUT2D eigenvalue weighted by Gasteiger charge is 2.02. The lowest BCUT2D eigenvalue weighted by molar-refractivity contribution is -0.114. The van der Waals surface area contributed by atoms with Gasteiger partial charge in [-0.1, -0.05) is 0 Å². The van der Waals surface area contributed by atoms with Crippen LogP contribution in [0.5, 0.6) is 0 Å². The summed E-state index contributed by atoms with van der Waals surface area (Å²) in [4.78, 5) is 10.9. The molecule has 0 saturated heterocycles. The number of hydrogen-bond acceptors (Lipinski definition) is 4. The molecule has 116 valence electrons. The van der Waals surface area contributed by atoms with Crippen LogP contribution >= 0.6 is 0 Å². The summed E-state index contributed by atoms with van der Waals surface area (Å²) in [7, 11) is -3.27. The molecule has 0 aliphatic rings. The molecule has 0 unspecified atom stereocenters. The van der Waals surface area contributed by atoms with E-state index in [0.717, 1.165) is 23.3 Å². The van der Waals surface area contributed by atoms with Crippen LogP contribution in [0.15, 0.2) is 48.5 Å². The Morgan fingerprint density at radius 1 is 0.818 bits per heavy atom. The van der Waals surface area contributed by atoms with Gasteiger partial charge in [0, 0.05) is 29.7 Å². The number of carbonyl (C=O) groups is 1. The van der Waals surface area contributed by atoms with Crippen molar-refractivity contribution in [2.45, 2.75) is 6.92 Å². The van der Waals surface area contributed by atoms with Gasteiger partial charge in [-0.3, -0.25) is 9.52 Å². The quantitative estimate of drug-likeness (QED) is 0.791. The van der Waals surface area contributed by atoms with Crippen LogP contribution in [-0.2, 0) is 14.8 Å². The first-order chi connectivity index (χ1) is 10.3. The van der Waals surface area contributed by atoms with Gasteiger partial charge in [0.25, 0.3) is 0 Å². The molecule has 2 aromatic rings. The molecule has 7 heteroatoms. The van der Waals surface area contributed by atoms with Crippen molar-refractivity contribution in [1.82, 2.24) is 0 Å². The Labute approximate surface area is 129 Å². The third kappa shape index (κ3) is 5.10. The van der Waals surface area contributed by atoms with Crippen LogP contribution in [0.4, 0.5) is 22.7 Å². The minimum Gasteiger partial charge on any atom is -0.356 e. The van der Waals surface area contributed by atoms with Crippen molar-refractivity contribution < 1.29 is 13.2 Å². The molecule has 0 aliphatic carbocycles. The van der Waals surface area contributed by atoms with Crippen LogP contribution in [0.1, 0.15) is 6.92 Å². The zero-order valence-electron chi connectivity index (χ0n) is 12.3. The molecule has 2 aromatic carbocycles.